The number of benzene rings is 3. The lowest BCUT2D eigenvalue weighted by Crippen LogP contribution is -2.27. The Labute approximate surface area is 142 Å². The van der Waals surface area contributed by atoms with Gasteiger partial charge in [-0.1, -0.05) is 48.0 Å². The molecule has 0 aliphatic rings. The molecule has 0 fully saturated rings. The molecular weight excluding hydrogens is 298 g/mol. The Morgan fingerprint density at radius 2 is 1.75 bits per heavy atom. The van der Waals surface area contributed by atoms with E-state index in [-0.39, 0.29) is 11.9 Å². The van der Waals surface area contributed by atoms with Gasteiger partial charge < -0.3 is 10.1 Å². The molecule has 3 nitrogen and oxygen atoms in total. The molecule has 1 amide bonds. The third-order valence-corrected chi connectivity index (χ3v) is 4.21. The molecule has 0 aliphatic heterocycles. The van der Waals surface area contributed by atoms with Crippen molar-refractivity contribution in [2.75, 3.05) is 7.11 Å². The Hall–Kier alpha value is -2.81. The maximum atomic E-state index is 12.6. The van der Waals surface area contributed by atoms with Crippen molar-refractivity contribution in [2.24, 2.45) is 0 Å². The molecule has 0 saturated carbocycles. The molecule has 0 saturated heterocycles. The average molecular weight is 319 g/mol. The summed E-state index contributed by atoms with van der Waals surface area (Å²) in [6, 6.07) is 19.6. The number of nitrogens with one attached hydrogen (secondary N) is 1. The van der Waals surface area contributed by atoms with Crippen LogP contribution in [0, 0.1) is 6.92 Å². The lowest BCUT2D eigenvalue weighted by atomic mass is 10.0. The van der Waals surface area contributed by atoms with Crippen LogP contribution in [0.15, 0.2) is 60.7 Å². The predicted molar refractivity (Wildman–Crippen MR) is 97.6 cm³/mol. The van der Waals surface area contributed by atoms with E-state index in [1.54, 1.807) is 7.11 Å². The van der Waals surface area contributed by atoms with Crippen LogP contribution in [0.1, 0.15) is 34.5 Å². The second kappa shape index (κ2) is 6.75. The van der Waals surface area contributed by atoms with E-state index in [4.69, 9.17) is 4.74 Å². The summed E-state index contributed by atoms with van der Waals surface area (Å²) in [6.07, 6.45) is 0. The zero-order valence-corrected chi connectivity index (χ0v) is 14.2. The molecule has 1 N–H and O–H groups in total. The molecule has 0 aromatic heterocycles. The normalized spacial score (nSPS) is 12.0. The van der Waals surface area contributed by atoms with E-state index in [9.17, 15) is 4.79 Å². The standard InChI is InChI=1S/C21H21NO2/c1-14-8-11-20(24-3)19(12-14)15(2)22-21(23)18-10-9-16-6-4-5-7-17(16)13-18/h4-13,15H,1-3H3,(H,22,23). The summed E-state index contributed by atoms with van der Waals surface area (Å²) in [6.45, 7) is 4.00. The lowest BCUT2D eigenvalue weighted by molar-refractivity contribution is 0.0939. The molecular formula is C21H21NO2. The van der Waals surface area contributed by atoms with Gasteiger partial charge in [-0.05, 0) is 42.8 Å². The van der Waals surface area contributed by atoms with Crippen LogP contribution in [-0.2, 0) is 0 Å². The van der Waals surface area contributed by atoms with Crippen LogP contribution < -0.4 is 10.1 Å². The molecule has 122 valence electrons. The van der Waals surface area contributed by atoms with Gasteiger partial charge in [-0.2, -0.15) is 0 Å². The van der Waals surface area contributed by atoms with E-state index in [1.807, 2.05) is 74.5 Å². The van der Waals surface area contributed by atoms with Crippen molar-refractivity contribution in [3.8, 4) is 5.75 Å². The summed E-state index contributed by atoms with van der Waals surface area (Å²) in [5.41, 5.74) is 2.77. The largest absolute Gasteiger partial charge is 0.496 e. The smallest absolute Gasteiger partial charge is 0.251 e. The zero-order valence-electron chi connectivity index (χ0n) is 14.2. The first-order valence-electron chi connectivity index (χ1n) is 8.02. The molecule has 0 radical (unpaired) electrons. The maximum Gasteiger partial charge on any atom is 0.251 e. The second-order valence-electron chi connectivity index (χ2n) is 6.00. The van der Waals surface area contributed by atoms with Crippen molar-refractivity contribution in [3.05, 3.63) is 77.4 Å². The highest BCUT2D eigenvalue weighted by Gasteiger charge is 2.15. The van der Waals surface area contributed by atoms with Crippen LogP contribution in [0.3, 0.4) is 0 Å². The van der Waals surface area contributed by atoms with Crippen molar-refractivity contribution in [1.29, 1.82) is 0 Å². The van der Waals surface area contributed by atoms with Gasteiger partial charge in [0.1, 0.15) is 5.75 Å². The van der Waals surface area contributed by atoms with E-state index < -0.39 is 0 Å². The number of ether oxygens (including phenoxy) is 1. The number of aryl methyl sites for hydroxylation is 1. The van der Waals surface area contributed by atoms with Crippen molar-refractivity contribution in [1.82, 2.24) is 5.32 Å². The Balaban J connectivity index is 1.84. The van der Waals surface area contributed by atoms with Crippen molar-refractivity contribution >= 4 is 16.7 Å². The van der Waals surface area contributed by atoms with Crippen LogP contribution >= 0.6 is 0 Å². The summed E-state index contributed by atoms with van der Waals surface area (Å²) in [4.78, 5) is 12.6. The van der Waals surface area contributed by atoms with Crippen LogP contribution in [0.2, 0.25) is 0 Å². The fraction of sp³-hybridized carbons (Fsp3) is 0.190. The molecule has 3 heteroatoms. The summed E-state index contributed by atoms with van der Waals surface area (Å²) in [5, 5.41) is 5.25. The summed E-state index contributed by atoms with van der Waals surface area (Å²) < 4.78 is 5.42. The van der Waals surface area contributed by atoms with Gasteiger partial charge >= 0.3 is 0 Å². The highest BCUT2D eigenvalue weighted by molar-refractivity contribution is 5.98. The molecule has 1 atom stereocenters. The minimum Gasteiger partial charge on any atom is -0.496 e. The number of amides is 1. The van der Waals surface area contributed by atoms with E-state index >= 15 is 0 Å². The van der Waals surface area contributed by atoms with E-state index in [1.165, 1.54) is 0 Å². The summed E-state index contributed by atoms with van der Waals surface area (Å²) in [7, 11) is 1.64. The van der Waals surface area contributed by atoms with Crippen LogP contribution in [0.4, 0.5) is 0 Å². The Morgan fingerprint density at radius 1 is 1.00 bits per heavy atom. The molecule has 0 aliphatic carbocycles. The van der Waals surface area contributed by atoms with Crippen LogP contribution in [0.25, 0.3) is 10.8 Å². The number of fused-ring (bicyclic) bond motifs is 1. The maximum absolute atomic E-state index is 12.6. The first kappa shape index (κ1) is 16.1. The highest BCUT2D eigenvalue weighted by atomic mass is 16.5. The summed E-state index contributed by atoms with van der Waals surface area (Å²) >= 11 is 0. The highest BCUT2D eigenvalue weighted by Crippen LogP contribution is 2.26. The Bertz CT molecular complexity index is 886. The van der Waals surface area contributed by atoms with Gasteiger partial charge in [-0.3, -0.25) is 4.79 Å². The fourth-order valence-corrected chi connectivity index (χ4v) is 2.88. The number of carbonyl (C=O) groups is 1. The van der Waals surface area contributed by atoms with Crippen LogP contribution in [0.5, 0.6) is 5.75 Å². The number of methoxy groups -OCH3 is 1. The number of carbonyl (C=O) groups excluding carboxylic acids is 1. The molecule has 3 aromatic carbocycles. The molecule has 3 rings (SSSR count). The monoisotopic (exact) mass is 319 g/mol. The average Bonchev–Trinajstić information content (AvgIpc) is 2.61. The molecule has 3 aromatic rings. The van der Waals surface area contributed by atoms with Gasteiger partial charge in [0.2, 0.25) is 0 Å². The first-order valence-corrected chi connectivity index (χ1v) is 8.02. The lowest BCUT2D eigenvalue weighted by Gasteiger charge is -2.18. The summed E-state index contributed by atoms with van der Waals surface area (Å²) in [5.74, 6) is 0.698. The van der Waals surface area contributed by atoms with Gasteiger partial charge in [0.25, 0.3) is 5.91 Å². The third-order valence-electron chi connectivity index (χ3n) is 4.21. The Kier molecular flexibility index (Phi) is 4.52. The molecule has 0 bridgehead atoms. The van der Waals surface area contributed by atoms with E-state index in [2.05, 4.69) is 5.32 Å². The second-order valence-corrected chi connectivity index (χ2v) is 6.00. The van der Waals surface area contributed by atoms with Crippen molar-refractivity contribution in [2.45, 2.75) is 19.9 Å². The van der Waals surface area contributed by atoms with Gasteiger partial charge in [-0.15, -0.1) is 0 Å². The topological polar surface area (TPSA) is 38.3 Å². The van der Waals surface area contributed by atoms with Gasteiger partial charge in [0.05, 0.1) is 13.2 Å². The van der Waals surface area contributed by atoms with Crippen LogP contribution in [-0.4, -0.2) is 13.0 Å². The van der Waals surface area contributed by atoms with Crippen molar-refractivity contribution in [3.63, 3.8) is 0 Å². The first-order chi connectivity index (χ1) is 11.6. The minimum atomic E-state index is -0.140. The zero-order chi connectivity index (χ0) is 17.1. The predicted octanol–water partition coefficient (Wildman–Crippen LogP) is 4.65. The fourth-order valence-electron chi connectivity index (χ4n) is 2.88. The Morgan fingerprint density at radius 3 is 2.50 bits per heavy atom. The minimum absolute atomic E-state index is 0.0863. The van der Waals surface area contributed by atoms with Gasteiger partial charge in [-0.25, -0.2) is 0 Å². The third kappa shape index (κ3) is 3.25. The molecule has 1 unspecified atom stereocenters. The SMILES string of the molecule is COc1ccc(C)cc1C(C)NC(=O)c1ccc2ccccc2c1. The van der Waals surface area contributed by atoms with E-state index in [0.717, 1.165) is 27.6 Å². The van der Waals surface area contributed by atoms with Gasteiger partial charge in [0, 0.05) is 11.1 Å². The van der Waals surface area contributed by atoms with Gasteiger partial charge in [0.15, 0.2) is 0 Å². The number of rotatable bonds is 4. The quantitative estimate of drug-likeness (QED) is 0.760. The number of hydrogen-bond acceptors (Lipinski definition) is 2. The van der Waals surface area contributed by atoms with E-state index in [0.29, 0.717) is 5.56 Å². The molecule has 0 heterocycles. The number of hydrogen-bond donors (Lipinski definition) is 1. The molecule has 0 spiro atoms. The molecule has 24 heavy (non-hydrogen) atoms. The van der Waals surface area contributed by atoms with Crippen molar-refractivity contribution < 1.29 is 9.53 Å².